The van der Waals surface area contributed by atoms with Gasteiger partial charge in [-0.3, -0.25) is 0 Å². The van der Waals surface area contributed by atoms with Gasteiger partial charge in [0.2, 0.25) is 0 Å². The van der Waals surface area contributed by atoms with Gasteiger partial charge in [-0.05, 0) is 25.1 Å². The summed E-state index contributed by atoms with van der Waals surface area (Å²) >= 11 is 7.18. The molecule has 0 saturated heterocycles. The van der Waals surface area contributed by atoms with Crippen LogP contribution < -0.4 is 5.32 Å². The van der Waals surface area contributed by atoms with Crippen molar-refractivity contribution in [2.24, 2.45) is 0 Å². The zero-order valence-electron chi connectivity index (χ0n) is 9.88. The zero-order chi connectivity index (χ0) is 14.0. The molecule has 0 aliphatic rings. The van der Waals surface area contributed by atoms with E-state index in [4.69, 9.17) is 11.6 Å². The Morgan fingerprint density at radius 2 is 2.05 bits per heavy atom. The van der Waals surface area contributed by atoms with E-state index in [1.54, 1.807) is 6.20 Å². The molecular weight excluding hydrogens is 297 g/mol. The van der Waals surface area contributed by atoms with Crippen LogP contribution in [0.25, 0.3) is 0 Å². The first kappa shape index (κ1) is 14.1. The average Bonchev–Trinajstić information content (AvgIpc) is 2.71. The molecule has 2 nitrogen and oxygen atoms in total. The third kappa shape index (κ3) is 3.84. The first-order chi connectivity index (χ1) is 8.84. The predicted octanol–water partition coefficient (Wildman–Crippen LogP) is 4.74. The van der Waals surface area contributed by atoms with Crippen molar-refractivity contribution in [3.63, 3.8) is 0 Å². The van der Waals surface area contributed by atoms with Gasteiger partial charge in [-0.1, -0.05) is 11.6 Å². The summed E-state index contributed by atoms with van der Waals surface area (Å²) in [4.78, 5) is 5.03. The standard InChI is InChI=1S/C12H10ClF3N2S/c1-7-17-5-11(19-7)6-18-10-3-8(12(14,15)16)2-9(13)4-10/h2-5,18H,6H2,1H3. The normalized spacial score (nSPS) is 11.6. The van der Waals surface area contributed by atoms with Crippen molar-refractivity contribution in [2.45, 2.75) is 19.6 Å². The monoisotopic (exact) mass is 306 g/mol. The zero-order valence-corrected chi connectivity index (χ0v) is 11.5. The number of aryl methyl sites for hydroxylation is 1. The van der Waals surface area contributed by atoms with Crippen LogP contribution in [0.15, 0.2) is 24.4 Å². The number of hydrogen-bond acceptors (Lipinski definition) is 3. The van der Waals surface area contributed by atoms with Crippen molar-refractivity contribution in [1.82, 2.24) is 4.98 Å². The van der Waals surface area contributed by atoms with Crippen molar-refractivity contribution >= 4 is 28.6 Å². The molecule has 2 rings (SSSR count). The highest BCUT2D eigenvalue weighted by atomic mass is 35.5. The fourth-order valence-electron chi connectivity index (χ4n) is 1.53. The Bertz CT molecular complexity index is 581. The van der Waals surface area contributed by atoms with Crippen LogP contribution in [-0.4, -0.2) is 4.98 Å². The number of anilines is 1. The Hall–Kier alpha value is -1.27. The number of halogens is 4. The maximum absolute atomic E-state index is 12.6. The van der Waals surface area contributed by atoms with Crippen LogP contribution in [0.4, 0.5) is 18.9 Å². The van der Waals surface area contributed by atoms with Gasteiger partial charge in [-0.15, -0.1) is 11.3 Å². The first-order valence-electron chi connectivity index (χ1n) is 5.37. The number of benzene rings is 1. The maximum atomic E-state index is 12.6. The van der Waals surface area contributed by atoms with Gasteiger partial charge in [0.15, 0.2) is 0 Å². The van der Waals surface area contributed by atoms with Crippen LogP contribution in [0.1, 0.15) is 15.4 Å². The number of aromatic nitrogens is 1. The molecular formula is C12H10ClF3N2S. The van der Waals surface area contributed by atoms with Crippen molar-refractivity contribution in [1.29, 1.82) is 0 Å². The molecule has 2 aromatic rings. The lowest BCUT2D eigenvalue weighted by Gasteiger charge is -2.11. The minimum Gasteiger partial charge on any atom is -0.380 e. The molecule has 0 spiro atoms. The molecule has 0 aliphatic carbocycles. The summed E-state index contributed by atoms with van der Waals surface area (Å²) in [6.07, 6.45) is -2.70. The highest BCUT2D eigenvalue weighted by Crippen LogP contribution is 2.33. The van der Waals surface area contributed by atoms with E-state index in [0.717, 1.165) is 22.0 Å². The molecule has 19 heavy (non-hydrogen) atoms. The summed E-state index contributed by atoms with van der Waals surface area (Å²) < 4.78 is 37.9. The van der Waals surface area contributed by atoms with E-state index in [1.165, 1.54) is 17.4 Å². The van der Waals surface area contributed by atoms with Crippen molar-refractivity contribution < 1.29 is 13.2 Å². The highest BCUT2D eigenvalue weighted by Gasteiger charge is 2.31. The van der Waals surface area contributed by atoms with Crippen molar-refractivity contribution in [3.8, 4) is 0 Å². The molecule has 1 heterocycles. The molecule has 0 fully saturated rings. The first-order valence-corrected chi connectivity index (χ1v) is 6.57. The van der Waals surface area contributed by atoms with Crippen LogP contribution in [0.2, 0.25) is 5.02 Å². The molecule has 0 bridgehead atoms. The summed E-state index contributed by atoms with van der Waals surface area (Å²) in [5, 5.41) is 3.88. The number of thiazole rings is 1. The minimum atomic E-state index is -4.40. The Balaban J connectivity index is 2.14. The summed E-state index contributed by atoms with van der Waals surface area (Å²) in [6.45, 7) is 2.29. The number of hydrogen-bond donors (Lipinski definition) is 1. The Morgan fingerprint density at radius 3 is 2.63 bits per heavy atom. The lowest BCUT2D eigenvalue weighted by Crippen LogP contribution is -2.06. The SMILES string of the molecule is Cc1ncc(CNc2cc(Cl)cc(C(F)(F)F)c2)s1. The van der Waals surface area contributed by atoms with Gasteiger partial charge in [-0.2, -0.15) is 13.2 Å². The smallest absolute Gasteiger partial charge is 0.380 e. The molecule has 102 valence electrons. The van der Waals surface area contributed by atoms with Gasteiger partial charge in [0.25, 0.3) is 0 Å². The highest BCUT2D eigenvalue weighted by molar-refractivity contribution is 7.11. The Labute approximate surface area is 117 Å². The largest absolute Gasteiger partial charge is 0.416 e. The minimum absolute atomic E-state index is 0.0535. The van der Waals surface area contributed by atoms with Crippen LogP contribution in [0.3, 0.4) is 0 Å². The third-order valence-corrected chi connectivity index (χ3v) is 3.49. The van der Waals surface area contributed by atoms with Gasteiger partial charge in [0.1, 0.15) is 0 Å². The number of rotatable bonds is 3. The second-order valence-electron chi connectivity index (χ2n) is 3.93. The van der Waals surface area contributed by atoms with Gasteiger partial charge >= 0.3 is 6.18 Å². The lowest BCUT2D eigenvalue weighted by molar-refractivity contribution is -0.137. The third-order valence-electron chi connectivity index (χ3n) is 2.36. The van der Waals surface area contributed by atoms with Crippen molar-refractivity contribution in [3.05, 3.63) is 44.9 Å². The summed E-state index contributed by atoms with van der Waals surface area (Å²) in [7, 11) is 0. The van der Waals surface area contributed by atoms with E-state index in [-0.39, 0.29) is 5.02 Å². The van der Waals surface area contributed by atoms with Crippen LogP contribution >= 0.6 is 22.9 Å². The van der Waals surface area contributed by atoms with E-state index in [1.807, 2.05) is 6.92 Å². The molecule has 1 aromatic heterocycles. The molecule has 0 saturated carbocycles. The molecule has 0 amide bonds. The van der Waals surface area contributed by atoms with Crippen LogP contribution in [-0.2, 0) is 12.7 Å². The number of nitrogens with one attached hydrogen (secondary N) is 1. The fourth-order valence-corrected chi connectivity index (χ4v) is 2.50. The summed E-state index contributed by atoms with van der Waals surface area (Å²) in [6, 6.07) is 3.41. The van der Waals surface area contributed by atoms with E-state index in [2.05, 4.69) is 10.3 Å². The maximum Gasteiger partial charge on any atom is 0.416 e. The van der Waals surface area contributed by atoms with E-state index in [9.17, 15) is 13.2 Å². The molecule has 0 unspecified atom stereocenters. The van der Waals surface area contributed by atoms with Crippen molar-refractivity contribution in [2.75, 3.05) is 5.32 Å². The molecule has 7 heteroatoms. The predicted molar refractivity (Wildman–Crippen MR) is 70.6 cm³/mol. The Kier molecular flexibility index (Phi) is 4.01. The van der Waals surface area contributed by atoms with Gasteiger partial charge in [0.05, 0.1) is 17.1 Å². The van der Waals surface area contributed by atoms with Crippen LogP contribution in [0.5, 0.6) is 0 Å². The molecule has 0 aliphatic heterocycles. The Morgan fingerprint density at radius 1 is 1.32 bits per heavy atom. The second kappa shape index (κ2) is 5.38. The van der Waals surface area contributed by atoms with E-state index >= 15 is 0 Å². The molecule has 1 aromatic carbocycles. The average molecular weight is 307 g/mol. The van der Waals surface area contributed by atoms with Gasteiger partial charge in [-0.25, -0.2) is 4.98 Å². The summed E-state index contributed by atoms with van der Waals surface area (Å²) in [5.74, 6) is 0. The molecule has 0 radical (unpaired) electrons. The number of nitrogens with zero attached hydrogens (tertiary/aromatic N) is 1. The van der Waals surface area contributed by atoms with Gasteiger partial charge < -0.3 is 5.32 Å². The lowest BCUT2D eigenvalue weighted by atomic mass is 10.2. The fraction of sp³-hybridized carbons (Fsp3) is 0.250. The van der Waals surface area contributed by atoms with E-state index in [0.29, 0.717) is 12.2 Å². The number of alkyl halides is 3. The summed E-state index contributed by atoms with van der Waals surface area (Å²) in [5.41, 5.74) is -0.422. The van der Waals surface area contributed by atoms with E-state index < -0.39 is 11.7 Å². The van der Waals surface area contributed by atoms with Crippen LogP contribution in [0, 0.1) is 6.92 Å². The quantitative estimate of drug-likeness (QED) is 0.886. The molecule has 1 N–H and O–H groups in total. The topological polar surface area (TPSA) is 24.9 Å². The molecule has 0 atom stereocenters. The van der Waals surface area contributed by atoms with Gasteiger partial charge in [0, 0.05) is 21.8 Å². The second-order valence-corrected chi connectivity index (χ2v) is 5.68.